The van der Waals surface area contributed by atoms with E-state index in [9.17, 15) is 0 Å². The second-order valence-corrected chi connectivity index (χ2v) is 7.99. The Labute approximate surface area is 140 Å². The molecule has 0 aromatic heterocycles. The lowest BCUT2D eigenvalue weighted by molar-refractivity contribution is 0.125. The first-order valence-corrected chi connectivity index (χ1v) is 9.31. The van der Waals surface area contributed by atoms with E-state index in [0.717, 1.165) is 30.2 Å². The predicted octanol–water partition coefficient (Wildman–Crippen LogP) is 3.31. The van der Waals surface area contributed by atoms with Crippen LogP contribution >= 0.6 is 0 Å². The van der Waals surface area contributed by atoms with Crippen LogP contribution in [0.5, 0.6) is 5.75 Å². The van der Waals surface area contributed by atoms with Crippen LogP contribution in [-0.4, -0.2) is 49.1 Å². The molecule has 4 fully saturated rings. The van der Waals surface area contributed by atoms with E-state index in [4.69, 9.17) is 4.74 Å². The molecule has 1 aliphatic carbocycles. The Hall–Kier alpha value is -1.06. The summed E-state index contributed by atoms with van der Waals surface area (Å²) in [7, 11) is 1.75. The maximum Gasteiger partial charge on any atom is 0.121 e. The summed E-state index contributed by atoms with van der Waals surface area (Å²) < 4.78 is 5.39. The van der Waals surface area contributed by atoms with E-state index < -0.39 is 0 Å². The van der Waals surface area contributed by atoms with Gasteiger partial charge in [-0.1, -0.05) is 12.1 Å². The van der Waals surface area contributed by atoms with Gasteiger partial charge >= 0.3 is 0 Å². The molecule has 0 unspecified atom stereocenters. The molecule has 2 bridgehead atoms. The van der Waals surface area contributed by atoms with E-state index in [2.05, 4.69) is 34.9 Å². The van der Waals surface area contributed by atoms with Gasteiger partial charge in [0.1, 0.15) is 5.75 Å². The highest BCUT2D eigenvalue weighted by Crippen LogP contribution is 2.35. The van der Waals surface area contributed by atoms with Crippen LogP contribution in [0.2, 0.25) is 0 Å². The highest BCUT2D eigenvalue weighted by Gasteiger charge is 2.37. The first kappa shape index (κ1) is 15.5. The van der Waals surface area contributed by atoms with E-state index >= 15 is 0 Å². The number of hydrogen-bond acceptors (Lipinski definition) is 3. The minimum absolute atomic E-state index is 0.800. The minimum Gasteiger partial charge on any atom is -0.496 e. The lowest BCUT2D eigenvalue weighted by atomic mass is 9.95. The van der Waals surface area contributed by atoms with Crippen LogP contribution in [0.25, 0.3) is 0 Å². The van der Waals surface area contributed by atoms with Gasteiger partial charge < -0.3 is 4.74 Å². The molecule has 0 amide bonds. The van der Waals surface area contributed by atoms with Crippen molar-refractivity contribution in [3.8, 4) is 5.75 Å². The molecule has 2 atom stereocenters. The molecule has 5 rings (SSSR count). The van der Waals surface area contributed by atoms with Crippen molar-refractivity contribution < 1.29 is 4.74 Å². The number of rotatable bonds is 5. The third-order valence-electron chi connectivity index (χ3n) is 5.96. The molecule has 3 nitrogen and oxygen atoms in total. The zero-order valence-electron chi connectivity index (χ0n) is 14.6. The van der Waals surface area contributed by atoms with E-state index in [0.29, 0.717) is 0 Å². The van der Waals surface area contributed by atoms with Crippen molar-refractivity contribution in [1.29, 1.82) is 0 Å². The number of hydrogen-bond donors (Lipinski definition) is 0. The van der Waals surface area contributed by atoms with Crippen molar-refractivity contribution in [2.45, 2.75) is 45.2 Å². The zero-order valence-corrected chi connectivity index (χ0v) is 14.6. The van der Waals surface area contributed by atoms with Gasteiger partial charge in [-0.25, -0.2) is 0 Å². The topological polar surface area (TPSA) is 15.7 Å². The Bertz CT molecular complexity index is 555. The highest BCUT2D eigenvalue weighted by molar-refractivity contribution is 5.36. The molecule has 126 valence electrons. The maximum atomic E-state index is 5.39. The Kier molecular flexibility index (Phi) is 4.33. The van der Waals surface area contributed by atoms with E-state index in [1.165, 1.54) is 63.0 Å². The summed E-state index contributed by atoms with van der Waals surface area (Å²) in [6, 6.07) is 7.46. The molecule has 23 heavy (non-hydrogen) atoms. The van der Waals surface area contributed by atoms with Crippen molar-refractivity contribution in [2.24, 2.45) is 11.8 Å². The van der Waals surface area contributed by atoms with Crippen molar-refractivity contribution in [1.82, 2.24) is 9.80 Å². The van der Waals surface area contributed by atoms with Gasteiger partial charge in [0.25, 0.3) is 0 Å². The van der Waals surface area contributed by atoms with Gasteiger partial charge in [0.15, 0.2) is 0 Å². The van der Waals surface area contributed by atoms with Gasteiger partial charge in [-0.05, 0) is 61.6 Å². The smallest absolute Gasteiger partial charge is 0.121 e. The Balaban J connectivity index is 1.42. The second kappa shape index (κ2) is 6.45. The SMILES string of the molecule is COc1ccc(CN2C[C@H]3CC[C@@H](C2)N(CC2CC2)C3)cc1C. The maximum absolute atomic E-state index is 5.39. The summed E-state index contributed by atoms with van der Waals surface area (Å²) in [5, 5.41) is 0. The number of benzene rings is 1. The first-order valence-electron chi connectivity index (χ1n) is 9.31. The molecular formula is C20H30N2O. The average Bonchev–Trinajstić information content (AvgIpc) is 3.36. The van der Waals surface area contributed by atoms with Crippen LogP contribution in [0.3, 0.4) is 0 Å². The van der Waals surface area contributed by atoms with Crippen molar-refractivity contribution in [3.63, 3.8) is 0 Å². The summed E-state index contributed by atoms with van der Waals surface area (Å²) in [5.74, 6) is 2.90. The van der Waals surface area contributed by atoms with Crippen molar-refractivity contribution in [2.75, 3.05) is 33.3 Å². The van der Waals surface area contributed by atoms with Gasteiger partial charge in [-0.3, -0.25) is 9.80 Å². The number of fused-ring (bicyclic) bond motifs is 4. The Morgan fingerprint density at radius 1 is 1.09 bits per heavy atom. The van der Waals surface area contributed by atoms with Gasteiger partial charge in [0.2, 0.25) is 0 Å². The molecular weight excluding hydrogens is 284 g/mol. The number of piperidine rings is 1. The fourth-order valence-electron chi connectivity index (χ4n) is 4.56. The van der Waals surface area contributed by atoms with E-state index in [-0.39, 0.29) is 0 Å². The van der Waals surface area contributed by atoms with Crippen LogP contribution < -0.4 is 4.74 Å². The molecule has 3 heteroatoms. The van der Waals surface area contributed by atoms with Gasteiger partial charge in [-0.2, -0.15) is 0 Å². The minimum atomic E-state index is 0.800. The summed E-state index contributed by atoms with van der Waals surface area (Å²) in [6.45, 7) is 8.49. The molecule has 1 aromatic carbocycles. The molecule has 1 aromatic rings. The quantitative estimate of drug-likeness (QED) is 0.829. The Morgan fingerprint density at radius 2 is 1.96 bits per heavy atom. The van der Waals surface area contributed by atoms with Gasteiger partial charge in [-0.15, -0.1) is 0 Å². The number of methoxy groups -OCH3 is 1. The molecule has 3 saturated heterocycles. The Morgan fingerprint density at radius 3 is 2.70 bits per heavy atom. The summed E-state index contributed by atoms with van der Waals surface area (Å²) in [6.07, 6.45) is 5.80. The summed E-state index contributed by atoms with van der Waals surface area (Å²) >= 11 is 0. The summed E-state index contributed by atoms with van der Waals surface area (Å²) in [5.41, 5.74) is 2.68. The lowest BCUT2D eigenvalue weighted by Crippen LogP contribution is -2.44. The van der Waals surface area contributed by atoms with Crippen LogP contribution in [0, 0.1) is 18.8 Å². The fraction of sp³-hybridized carbons (Fsp3) is 0.700. The molecule has 0 spiro atoms. The largest absolute Gasteiger partial charge is 0.496 e. The molecule has 3 heterocycles. The van der Waals surface area contributed by atoms with Gasteiger partial charge in [0.05, 0.1) is 7.11 Å². The zero-order chi connectivity index (χ0) is 15.8. The fourth-order valence-corrected chi connectivity index (χ4v) is 4.56. The molecule has 0 N–H and O–H groups in total. The standard InChI is InChI=1S/C20H30N2O/c1-15-9-17(6-8-20(15)23-2)10-21-11-18-5-7-19(14-21)22(13-18)12-16-3-4-16/h6,8-9,16,18-19H,3-5,7,10-14H2,1-2H3/t18-,19+/m1/s1. The number of nitrogens with zero attached hydrogens (tertiary/aromatic N) is 2. The molecule has 4 aliphatic rings. The predicted molar refractivity (Wildman–Crippen MR) is 93.8 cm³/mol. The second-order valence-electron chi connectivity index (χ2n) is 7.99. The lowest BCUT2D eigenvalue weighted by Gasteiger charge is -2.36. The normalized spacial score (nSPS) is 28.8. The molecule has 1 saturated carbocycles. The summed E-state index contributed by atoms with van der Waals surface area (Å²) in [4.78, 5) is 5.53. The monoisotopic (exact) mass is 314 g/mol. The van der Waals surface area contributed by atoms with Crippen LogP contribution in [0.4, 0.5) is 0 Å². The van der Waals surface area contributed by atoms with Crippen molar-refractivity contribution in [3.05, 3.63) is 29.3 Å². The number of aryl methyl sites for hydroxylation is 1. The third-order valence-corrected chi connectivity index (χ3v) is 5.96. The van der Waals surface area contributed by atoms with Crippen molar-refractivity contribution >= 4 is 0 Å². The highest BCUT2D eigenvalue weighted by atomic mass is 16.5. The third kappa shape index (κ3) is 3.56. The van der Waals surface area contributed by atoms with E-state index in [1.807, 2.05) is 0 Å². The van der Waals surface area contributed by atoms with Crippen LogP contribution in [-0.2, 0) is 6.54 Å². The van der Waals surface area contributed by atoms with E-state index in [1.54, 1.807) is 7.11 Å². The average molecular weight is 314 g/mol. The molecule has 0 radical (unpaired) electrons. The van der Waals surface area contributed by atoms with Gasteiger partial charge in [0, 0.05) is 38.8 Å². The molecule has 3 aliphatic heterocycles. The first-order chi connectivity index (χ1) is 11.2. The van der Waals surface area contributed by atoms with Crippen LogP contribution in [0.15, 0.2) is 18.2 Å². The number of ether oxygens (including phenoxy) is 1. The van der Waals surface area contributed by atoms with Crippen LogP contribution in [0.1, 0.15) is 36.8 Å².